The van der Waals surface area contributed by atoms with Crippen molar-refractivity contribution in [2.24, 2.45) is 5.92 Å². The van der Waals surface area contributed by atoms with Gasteiger partial charge in [0, 0.05) is 19.7 Å². The molecular weight excluding hydrogens is 279 g/mol. The molecule has 0 saturated heterocycles. The highest BCUT2D eigenvalue weighted by molar-refractivity contribution is 5.26. The van der Waals surface area contributed by atoms with Crippen LogP contribution in [0.25, 0.3) is 0 Å². The van der Waals surface area contributed by atoms with Gasteiger partial charge in [0.15, 0.2) is 0 Å². The normalized spacial score (nSPS) is 23.2. The molecule has 1 aliphatic rings. The fraction of sp³-hybridized carbons (Fsp3) is 0.625. The zero-order valence-electron chi connectivity index (χ0n) is 12.2. The zero-order chi connectivity index (χ0) is 15.3. The second kappa shape index (κ2) is 7.27. The van der Waals surface area contributed by atoms with Crippen molar-refractivity contribution in [3.8, 4) is 0 Å². The number of benzene rings is 1. The molecule has 5 heteroatoms. The van der Waals surface area contributed by atoms with Crippen LogP contribution in [-0.2, 0) is 17.9 Å². The molecule has 1 saturated carbocycles. The summed E-state index contributed by atoms with van der Waals surface area (Å²) in [6.45, 7) is 1.11. The number of methoxy groups -OCH3 is 1. The molecule has 0 amide bonds. The smallest absolute Gasteiger partial charge is 0.380 e. The van der Waals surface area contributed by atoms with E-state index < -0.39 is 12.1 Å². The summed E-state index contributed by atoms with van der Waals surface area (Å²) < 4.78 is 43.5. The maximum Gasteiger partial charge on any atom is 0.391 e. The molecule has 2 nitrogen and oxygen atoms in total. The van der Waals surface area contributed by atoms with Crippen LogP contribution >= 0.6 is 0 Å². The molecule has 2 rings (SSSR count). The van der Waals surface area contributed by atoms with Crippen LogP contribution in [0.3, 0.4) is 0 Å². The van der Waals surface area contributed by atoms with E-state index >= 15 is 0 Å². The number of alkyl halides is 3. The number of hydrogen-bond acceptors (Lipinski definition) is 2. The van der Waals surface area contributed by atoms with E-state index in [1.54, 1.807) is 7.11 Å². The first-order chi connectivity index (χ1) is 10.0. The lowest BCUT2D eigenvalue weighted by molar-refractivity contribution is -0.183. The van der Waals surface area contributed by atoms with E-state index in [1.807, 2.05) is 24.3 Å². The second-order valence-corrected chi connectivity index (χ2v) is 5.68. The first-order valence-corrected chi connectivity index (χ1v) is 7.36. The Morgan fingerprint density at radius 3 is 2.57 bits per heavy atom. The molecule has 0 spiro atoms. The average molecular weight is 301 g/mol. The number of halogens is 3. The van der Waals surface area contributed by atoms with Crippen LogP contribution in [0.5, 0.6) is 0 Å². The average Bonchev–Trinajstić information content (AvgIpc) is 2.46. The third-order valence-corrected chi connectivity index (χ3v) is 4.14. The molecule has 0 aliphatic heterocycles. The Hall–Kier alpha value is -1.07. The lowest BCUT2D eigenvalue weighted by Gasteiger charge is -2.31. The van der Waals surface area contributed by atoms with Crippen LogP contribution in [0.15, 0.2) is 24.3 Å². The van der Waals surface area contributed by atoms with Gasteiger partial charge in [-0.1, -0.05) is 30.7 Å². The summed E-state index contributed by atoms with van der Waals surface area (Å²) in [6, 6.07) is 7.81. The Morgan fingerprint density at radius 1 is 1.19 bits per heavy atom. The van der Waals surface area contributed by atoms with E-state index in [1.165, 1.54) is 0 Å². The summed E-state index contributed by atoms with van der Waals surface area (Å²) in [4.78, 5) is 0. The minimum atomic E-state index is -4.06. The van der Waals surface area contributed by atoms with Gasteiger partial charge in [0.25, 0.3) is 0 Å². The topological polar surface area (TPSA) is 21.3 Å². The molecule has 118 valence electrons. The van der Waals surface area contributed by atoms with Crippen molar-refractivity contribution in [3.63, 3.8) is 0 Å². The maximum atomic E-state index is 12.8. The first-order valence-electron chi connectivity index (χ1n) is 7.36. The summed E-state index contributed by atoms with van der Waals surface area (Å²) in [5.41, 5.74) is 2.17. The van der Waals surface area contributed by atoms with Crippen molar-refractivity contribution in [3.05, 3.63) is 35.4 Å². The van der Waals surface area contributed by atoms with Gasteiger partial charge in [0.1, 0.15) is 0 Å². The fourth-order valence-corrected chi connectivity index (χ4v) is 2.95. The molecule has 1 aliphatic carbocycles. The maximum absolute atomic E-state index is 12.8. The molecule has 1 fully saturated rings. The Bertz CT molecular complexity index is 447. The summed E-state index contributed by atoms with van der Waals surface area (Å²) in [5, 5.41) is 3.28. The monoisotopic (exact) mass is 301 g/mol. The predicted octanol–water partition coefficient (Wildman–Crippen LogP) is 4.04. The van der Waals surface area contributed by atoms with E-state index in [2.05, 4.69) is 5.32 Å². The largest absolute Gasteiger partial charge is 0.391 e. The minimum absolute atomic E-state index is 0.0547. The van der Waals surface area contributed by atoms with Crippen LogP contribution in [0.1, 0.15) is 36.8 Å². The van der Waals surface area contributed by atoms with Gasteiger partial charge in [-0.05, 0) is 30.4 Å². The number of rotatable bonds is 5. The van der Waals surface area contributed by atoms with Crippen molar-refractivity contribution < 1.29 is 17.9 Å². The van der Waals surface area contributed by atoms with Gasteiger partial charge < -0.3 is 10.1 Å². The van der Waals surface area contributed by atoms with Crippen molar-refractivity contribution in [1.29, 1.82) is 0 Å². The third kappa shape index (κ3) is 4.71. The van der Waals surface area contributed by atoms with Crippen molar-refractivity contribution in [2.45, 2.75) is 51.1 Å². The molecule has 1 aromatic carbocycles. The molecule has 2 atom stereocenters. The SMILES string of the molecule is COCc1ccccc1CNC1CCCC(C(F)(F)F)C1. The Morgan fingerprint density at radius 2 is 1.90 bits per heavy atom. The molecule has 0 aromatic heterocycles. The number of nitrogens with one attached hydrogen (secondary N) is 1. The highest BCUT2D eigenvalue weighted by Crippen LogP contribution is 2.37. The fourth-order valence-electron chi connectivity index (χ4n) is 2.95. The highest BCUT2D eigenvalue weighted by Gasteiger charge is 2.41. The first kappa shape index (κ1) is 16.3. The van der Waals surface area contributed by atoms with Gasteiger partial charge >= 0.3 is 6.18 Å². The highest BCUT2D eigenvalue weighted by atomic mass is 19.4. The van der Waals surface area contributed by atoms with E-state index in [0.29, 0.717) is 19.6 Å². The van der Waals surface area contributed by atoms with Crippen LogP contribution in [0.2, 0.25) is 0 Å². The molecule has 0 bridgehead atoms. The van der Waals surface area contributed by atoms with E-state index in [9.17, 15) is 13.2 Å². The molecule has 0 radical (unpaired) electrons. The molecule has 21 heavy (non-hydrogen) atoms. The number of hydrogen-bond donors (Lipinski definition) is 1. The third-order valence-electron chi connectivity index (χ3n) is 4.14. The van der Waals surface area contributed by atoms with Crippen molar-refractivity contribution in [1.82, 2.24) is 5.32 Å². The Balaban J connectivity index is 1.91. The van der Waals surface area contributed by atoms with Gasteiger partial charge in [-0.25, -0.2) is 0 Å². The lowest BCUT2D eigenvalue weighted by Crippen LogP contribution is -2.38. The van der Waals surface area contributed by atoms with E-state index in [4.69, 9.17) is 4.74 Å². The summed E-state index contributed by atoms with van der Waals surface area (Å²) in [7, 11) is 1.64. The van der Waals surface area contributed by atoms with Gasteiger partial charge in [0.05, 0.1) is 12.5 Å². The lowest BCUT2D eigenvalue weighted by atomic mass is 9.85. The Labute approximate surface area is 123 Å². The summed E-state index contributed by atoms with van der Waals surface area (Å²) in [5.74, 6) is -1.15. The van der Waals surface area contributed by atoms with Crippen LogP contribution in [0, 0.1) is 5.92 Å². The molecule has 2 unspecified atom stereocenters. The van der Waals surface area contributed by atoms with Gasteiger partial charge in [-0.15, -0.1) is 0 Å². The second-order valence-electron chi connectivity index (χ2n) is 5.68. The van der Waals surface area contributed by atoms with Gasteiger partial charge in [-0.3, -0.25) is 0 Å². The minimum Gasteiger partial charge on any atom is -0.380 e. The standard InChI is InChI=1S/C16H22F3NO/c1-21-11-13-6-3-2-5-12(13)10-20-15-8-4-7-14(9-15)16(17,18)19/h2-3,5-6,14-15,20H,4,7-11H2,1H3. The van der Waals surface area contributed by atoms with Crippen LogP contribution < -0.4 is 5.32 Å². The van der Waals surface area contributed by atoms with Crippen molar-refractivity contribution in [2.75, 3.05) is 7.11 Å². The van der Waals surface area contributed by atoms with E-state index in [0.717, 1.165) is 17.5 Å². The van der Waals surface area contributed by atoms with Crippen LogP contribution in [0.4, 0.5) is 13.2 Å². The quantitative estimate of drug-likeness (QED) is 0.886. The summed E-state index contributed by atoms with van der Waals surface area (Å²) in [6.07, 6.45) is -2.15. The summed E-state index contributed by atoms with van der Waals surface area (Å²) >= 11 is 0. The van der Waals surface area contributed by atoms with Gasteiger partial charge in [0.2, 0.25) is 0 Å². The van der Waals surface area contributed by atoms with Crippen molar-refractivity contribution >= 4 is 0 Å². The van der Waals surface area contributed by atoms with Crippen LogP contribution in [-0.4, -0.2) is 19.3 Å². The molecule has 0 heterocycles. The predicted molar refractivity (Wildman–Crippen MR) is 75.8 cm³/mol. The zero-order valence-corrected chi connectivity index (χ0v) is 12.2. The Kier molecular flexibility index (Phi) is 5.65. The molecular formula is C16H22F3NO. The molecule has 1 aromatic rings. The molecule has 1 N–H and O–H groups in total. The van der Waals surface area contributed by atoms with E-state index in [-0.39, 0.29) is 18.9 Å². The van der Waals surface area contributed by atoms with Gasteiger partial charge in [-0.2, -0.15) is 13.2 Å². The number of ether oxygens (including phenoxy) is 1.